The van der Waals surface area contributed by atoms with E-state index in [1.807, 2.05) is 12.1 Å². The maximum Gasteiger partial charge on any atom is 0.171 e. The maximum atomic E-state index is 5.39. The van der Waals surface area contributed by atoms with Crippen LogP contribution in [0.15, 0.2) is 42.5 Å². The van der Waals surface area contributed by atoms with Gasteiger partial charge in [-0.15, -0.1) is 0 Å². The molecule has 0 fully saturated rings. The summed E-state index contributed by atoms with van der Waals surface area (Å²) in [6.07, 6.45) is 0. The summed E-state index contributed by atoms with van der Waals surface area (Å²) in [6, 6.07) is 14.9. The minimum absolute atomic E-state index is 0.177. The van der Waals surface area contributed by atoms with Crippen molar-refractivity contribution in [2.75, 3.05) is 5.32 Å². The van der Waals surface area contributed by atoms with Crippen molar-refractivity contribution in [2.45, 2.75) is 33.7 Å². The van der Waals surface area contributed by atoms with Gasteiger partial charge in [0.15, 0.2) is 5.11 Å². The van der Waals surface area contributed by atoms with Crippen molar-refractivity contribution < 1.29 is 0 Å². The number of hydrogen-bond acceptors (Lipinski definition) is 1. The van der Waals surface area contributed by atoms with Crippen molar-refractivity contribution in [3.8, 4) is 0 Å². The molecule has 0 aliphatic carbocycles. The van der Waals surface area contributed by atoms with E-state index in [1.165, 1.54) is 22.3 Å². The molecule has 2 N–H and O–H groups in total. The second-order valence-corrected chi connectivity index (χ2v) is 5.95. The van der Waals surface area contributed by atoms with E-state index in [1.54, 1.807) is 0 Å². The molecule has 0 aliphatic heterocycles. The Bertz CT molecular complexity index is 632. The molecule has 21 heavy (non-hydrogen) atoms. The highest BCUT2D eigenvalue weighted by Gasteiger charge is 2.09. The predicted octanol–water partition coefficient (Wildman–Crippen LogP) is 4.66. The Morgan fingerprint density at radius 3 is 2.19 bits per heavy atom. The van der Waals surface area contributed by atoms with Crippen molar-refractivity contribution in [2.24, 2.45) is 0 Å². The molecule has 0 heterocycles. The van der Waals surface area contributed by atoms with Gasteiger partial charge in [0.05, 0.1) is 6.04 Å². The largest absolute Gasteiger partial charge is 0.356 e. The minimum Gasteiger partial charge on any atom is -0.356 e. The first kappa shape index (κ1) is 15.5. The molecular weight excluding hydrogens is 276 g/mol. The fraction of sp³-hybridized carbons (Fsp3) is 0.278. The zero-order chi connectivity index (χ0) is 15.4. The molecule has 2 nitrogen and oxygen atoms in total. The summed E-state index contributed by atoms with van der Waals surface area (Å²) in [7, 11) is 0. The third-order valence-corrected chi connectivity index (χ3v) is 3.77. The zero-order valence-electron chi connectivity index (χ0n) is 13.0. The van der Waals surface area contributed by atoms with E-state index >= 15 is 0 Å². The van der Waals surface area contributed by atoms with E-state index in [0.29, 0.717) is 5.11 Å². The highest BCUT2D eigenvalue weighted by Crippen LogP contribution is 2.19. The first-order chi connectivity index (χ1) is 9.95. The van der Waals surface area contributed by atoms with Gasteiger partial charge < -0.3 is 10.6 Å². The lowest BCUT2D eigenvalue weighted by atomic mass is 10.0. The number of rotatable bonds is 3. The van der Waals surface area contributed by atoms with Gasteiger partial charge in [0, 0.05) is 5.69 Å². The summed E-state index contributed by atoms with van der Waals surface area (Å²) in [6.45, 7) is 8.44. The summed E-state index contributed by atoms with van der Waals surface area (Å²) in [4.78, 5) is 0. The van der Waals surface area contributed by atoms with Crippen molar-refractivity contribution in [3.63, 3.8) is 0 Å². The lowest BCUT2D eigenvalue weighted by molar-refractivity contribution is 0.717. The summed E-state index contributed by atoms with van der Waals surface area (Å²) in [5, 5.41) is 7.21. The van der Waals surface area contributed by atoms with E-state index < -0.39 is 0 Å². The Hall–Kier alpha value is -1.87. The van der Waals surface area contributed by atoms with Crippen LogP contribution in [0.4, 0.5) is 5.69 Å². The molecule has 1 atom stereocenters. The van der Waals surface area contributed by atoms with Crippen molar-refractivity contribution >= 4 is 23.0 Å². The fourth-order valence-electron chi connectivity index (χ4n) is 2.39. The number of hydrogen-bond donors (Lipinski definition) is 2. The highest BCUT2D eigenvalue weighted by molar-refractivity contribution is 7.80. The predicted molar refractivity (Wildman–Crippen MR) is 94.9 cm³/mol. The van der Waals surface area contributed by atoms with Gasteiger partial charge in [0.2, 0.25) is 0 Å². The van der Waals surface area contributed by atoms with Crippen molar-refractivity contribution in [1.29, 1.82) is 0 Å². The molecule has 0 aliphatic rings. The summed E-state index contributed by atoms with van der Waals surface area (Å²) in [5.41, 5.74) is 6.08. The lowest BCUT2D eigenvalue weighted by Crippen LogP contribution is -2.31. The van der Waals surface area contributed by atoms with Gasteiger partial charge in [0.1, 0.15) is 0 Å². The summed E-state index contributed by atoms with van der Waals surface area (Å²) < 4.78 is 0. The van der Waals surface area contributed by atoms with Gasteiger partial charge in [-0.25, -0.2) is 0 Å². The van der Waals surface area contributed by atoms with Crippen LogP contribution in [0.25, 0.3) is 0 Å². The smallest absolute Gasteiger partial charge is 0.171 e. The molecule has 0 spiro atoms. The average molecular weight is 298 g/mol. The summed E-state index contributed by atoms with van der Waals surface area (Å²) >= 11 is 5.39. The van der Waals surface area contributed by atoms with Crippen LogP contribution < -0.4 is 10.6 Å². The van der Waals surface area contributed by atoms with Gasteiger partial charge in [-0.05, 0) is 63.2 Å². The molecular formula is C18H22N2S. The third-order valence-electron chi connectivity index (χ3n) is 3.55. The monoisotopic (exact) mass is 298 g/mol. The SMILES string of the molecule is Cc1ccc(NC(=S)N[C@@H](C)c2ccc(C)cc2C)cc1. The quantitative estimate of drug-likeness (QED) is 0.806. The van der Waals surface area contributed by atoms with Crippen LogP contribution >= 0.6 is 12.2 Å². The molecule has 2 aromatic rings. The number of nitrogens with one attached hydrogen (secondary N) is 2. The Morgan fingerprint density at radius 2 is 1.57 bits per heavy atom. The van der Waals surface area contributed by atoms with E-state index in [-0.39, 0.29) is 6.04 Å². The molecule has 0 amide bonds. The number of benzene rings is 2. The van der Waals surface area contributed by atoms with Gasteiger partial charge in [-0.3, -0.25) is 0 Å². The molecule has 0 radical (unpaired) electrons. The Balaban J connectivity index is 2.00. The van der Waals surface area contributed by atoms with E-state index in [4.69, 9.17) is 12.2 Å². The van der Waals surface area contributed by atoms with Crippen molar-refractivity contribution in [3.05, 3.63) is 64.7 Å². The second-order valence-electron chi connectivity index (χ2n) is 5.55. The number of anilines is 1. The molecule has 0 saturated heterocycles. The fourth-order valence-corrected chi connectivity index (χ4v) is 2.68. The molecule has 0 aromatic heterocycles. The minimum atomic E-state index is 0.177. The van der Waals surface area contributed by atoms with Crippen LogP contribution in [0.1, 0.15) is 35.2 Å². The second kappa shape index (κ2) is 6.72. The lowest BCUT2D eigenvalue weighted by Gasteiger charge is -2.19. The van der Waals surface area contributed by atoms with Crippen LogP contribution in [0.5, 0.6) is 0 Å². The van der Waals surface area contributed by atoms with Crippen LogP contribution in [-0.4, -0.2) is 5.11 Å². The first-order valence-corrected chi connectivity index (χ1v) is 7.58. The van der Waals surface area contributed by atoms with E-state index in [9.17, 15) is 0 Å². The molecule has 2 aromatic carbocycles. The van der Waals surface area contributed by atoms with Crippen LogP contribution in [0.2, 0.25) is 0 Å². The van der Waals surface area contributed by atoms with Gasteiger partial charge in [-0.2, -0.15) is 0 Å². The van der Waals surface area contributed by atoms with Crippen LogP contribution in [0, 0.1) is 20.8 Å². The van der Waals surface area contributed by atoms with E-state index in [2.05, 4.69) is 68.7 Å². The molecule has 110 valence electrons. The number of thiocarbonyl (C=S) groups is 1. The maximum absolute atomic E-state index is 5.39. The van der Waals surface area contributed by atoms with Crippen molar-refractivity contribution in [1.82, 2.24) is 5.32 Å². The topological polar surface area (TPSA) is 24.1 Å². The molecule has 0 bridgehead atoms. The van der Waals surface area contributed by atoms with Gasteiger partial charge in [-0.1, -0.05) is 41.5 Å². The molecule has 0 saturated carbocycles. The van der Waals surface area contributed by atoms with Crippen LogP contribution in [0.3, 0.4) is 0 Å². The molecule has 2 rings (SSSR count). The Kier molecular flexibility index (Phi) is 4.97. The Labute approximate surface area is 132 Å². The van der Waals surface area contributed by atoms with E-state index in [0.717, 1.165) is 5.69 Å². The zero-order valence-corrected chi connectivity index (χ0v) is 13.8. The Morgan fingerprint density at radius 1 is 0.952 bits per heavy atom. The molecule has 3 heteroatoms. The third kappa shape index (κ3) is 4.30. The summed E-state index contributed by atoms with van der Waals surface area (Å²) in [5.74, 6) is 0. The highest BCUT2D eigenvalue weighted by atomic mass is 32.1. The van der Waals surface area contributed by atoms with Crippen LogP contribution in [-0.2, 0) is 0 Å². The number of aryl methyl sites for hydroxylation is 3. The van der Waals surface area contributed by atoms with Gasteiger partial charge in [0.25, 0.3) is 0 Å². The normalized spacial score (nSPS) is 11.8. The first-order valence-electron chi connectivity index (χ1n) is 7.17. The molecule has 0 unspecified atom stereocenters. The van der Waals surface area contributed by atoms with Gasteiger partial charge >= 0.3 is 0 Å². The average Bonchev–Trinajstić information content (AvgIpc) is 2.41. The standard InChI is InChI=1S/C18H22N2S/c1-12-5-8-16(9-6-12)20-18(21)19-15(4)17-10-7-13(2)11-14(17)3/h5-11,15H,1-4H3,(H2,19,20,21)/t15-/m0/s1.